The van der Waals surface area contributed by atoms with E-state index in [1.807, 2.05) is 0 Å². The summed E-state index contributed by atoms with van der Waals surface area (Å²) >= 11 is 0. The van der Waals surface area contributed by atoms with E-state index >= 15 is 0 Å². The van der Waals surface area contributed by atoms with E-state index in [2.05, 4.69) is 19.3 Å². The van der Waals surface area contributed by atoms with Crippen LogP contribution in [-0.2, 0) is 4.84 Å². The lowest BCUT2D eigenvalue weighted by molar-refractivity contribution is 0.171. The van der Waals surface area contributed by atoms with Gasteiger partial charge in [-0.15, -0.1) is 0 Å². The molecular weight excluding hydrogens is 164 g/mol. The maximum Gasteiger partial charge on any atom is 0.206 e. The molecular formula is C10H22N2O. The van der Waals surface area contributed by atoms with Crippen molar-refractivity contribution in [2.24, 2.45) is 0 Å². The molecule has 2 N–H and O–H groups in total. The Hall–Kier alpha value is -0.570. The Morgan fingerprint density at radius 2 is 1.85 bits per heavy atom. The summed E-state index contributed by atoms with van der Waals surface area (Å²) < 4.78 is 0. The second-order valence-corrected chi connectivity index (χ2v) is 3.23. The second-order valence-electron chi connectivity index (χ2n) is 3.23. The largest absolute Gasteiger partial charge is 0.394 e. The molecule has 0 spiro atoms. The van der Waals surface area contributed by atoms with Gasteiger partial charge in [-0.05, 0) is 12.8 Å². The number of hydrogen-bond donors (Lipinski definition) is 2. The Labute approximate surface area is 81.3 Å². The van der Waals surface area contributed by atoms with Crippen molar-refractivity contribution >= 4 is 5.90 Å². The van der Waals surface area contributed by atoms with Crippen LogP contribution in [0.15, 0.2) is 0 Å². The third-order valence-electron chi connectivity index (χ3n) is 1.84. The molecule has 0 unspecified atom stereocenters. The predicted octanol–water partition coefficient (Wildman–Crippen LogP) is 2.87. The molecule has 3 heteroatoms. The minimum Gasteiger partial charge on any atom is -0.394 e. The maximum atomic E-state index is 7.42. The van der Waals surface area contributed by atoms with Gasteiger partial charge < -0.3 is 4.84 Å². The summed E-state index contributed by atoms with van der Waals surface area (Å²) in [7, 11) is 0. The molecule has 0 aliphatic carbocycles. The average Bonchev–Trinajstić information content (AvgIpc) is 2.13. The van der Waals surface area contributed by atoms with Crippen molar-refractivity contribution in [3.63, 3.8) is 0 Å². The van der Waals surface area contributed by atoms with E-state index in [1.165, 1.54) is 12.8 Å². The summed E-state index contributed by atoms with van der Waals surface area (Å²) in [5.74, 6) is 0.365. The molecule has 0 aromatic carbocycles. The van der Waals surface area contributed by atoms with Gasteiger partial charge in [-0.25, -0.2) is 0 Å². The lowest BCUT2D eigenvalue weighted by atomic mass is 10.2. The molecule has 0 heterocycles. The molecule has 0 aromatic heterocycles. The van der Waals surface area contributed by atoms with Gasteiger partial charge in [-0.3, -0.25) is 5.41 Å². The van der Waals surface area contributed by atoms with Crippen molar-refractivity contribution in [1.29, 1.82) is 5.41 Å². The zero-order chi connectivity index (χ0) is 9.94. The molecule has 0 fully saturated rings. The highest BCUT2D eigenvalue weighted by Crippen LogP contribution is 1.99. The van der Waals surface area contributed by atoms with E-state index in [4.69, 9.17) is 10.2 Å². The number of hydroxylamine groups is 1. The van der Waals surface area contributed by atoms with Crippen LogP contribution in [0.4, 0.5) is 0 Å². The predicted molar refractivity (Wildman–Crippen MR) is 55.9 cm³/mol. The van der Waals surface area contributed by atoms with Gasteiger partial charge >= 0.3 is 0 Å². The molecule has 0 saturated heterocycles. The highest BCUT2D eigenvalue weighted by molar-refractivity contribution is 5.72. The zero-order valence-electron chi connectivity index (χ0n) is 8.86. The highest BCUT2D eigenvalue weighted by atomic mass is 16.7. The van der Waals surface area contributed by atoms with Crippen LogP contribution in [-0.4, -0.2) is 12.4 Å². The van der Waals surface area contributed by atoms with Gasteiger partial charge in [0.25, 0.3) is 0 Å². The van der Waals surface area contributed by atoms with Gasteiger partial charge in [0.15, 0.2) is 0 Å². The quantitative estimate of drug-likeness (QED) is 0.265. The van der Waals surface area contributed by atoms with E-state index in [-0.39, 0.29) is 0 Å². The fourth-order valence-electron chi connectivity index (χ4n) is 0.974. The van der Waals surface area contributed by atoms with Crippen LogP contribution >= 0.6 is 0 Å². The third kappa shape index (κ3) is 9.34. The van der Waals surface area contributed by atoms with Gasteiger partial charge in [0, 0.05) is 13.0 Å². The molecule has 3 nitrogen and oxygen atoms in total. The van der Waals surface area contributed by atoms with E-state index in [0.717, 1.165) is 32.2 Å². The molecule has 0 aliphatic rings. The van der Waals surface area contributed by atoms with Crippen molar-refractivity contribution in [3.05, 3.63) is 0 Å². The maximum absolute atomic E-state index is 7.42. The average molecular weight is 186 g/mol. The molecule has 0 aliphatic heterocycles. The van der Waals surface area contributed by atoms with Gasteiger partial charge in [-0.1, -0.05) is 33.1 Å². The summed E-state index contributed by atoms with van der Waals surface area (Å²) in [6, 6.07) is 0. The minimum absolute atomic E-state index is 0.365. The normalized spacial score (nSPS) is 10.0. The van der Waals surface area contributed by atoms with Crippen molar-refractivity contribution in [2.75, 3.05) is 6.54 Å². The molecule has 0 saturated carbocycles. The molecule has 0 radical (unpaired) electrons. The van der Waals surface area contributed by atoms with Crippen molar-refractivity contribution in [1.82, 2.24) is 5.48 Å². The summed E-state index contributed by atoms with van der Waals surface area (Å²) in [5, 5.41) is 7.42. The Bertz CT molecular complexity index is 126. The minimum atomic E-state index is 0.365. The topological polar surface area (TPSA) is 45.1 Å². The molecule has 0 atom stereocenters. The van der Waals surface area contributed by atoms with E-state index in [1.54, 1.807) is 0 Å². The van der Waals surface area contributed by atoms with Crippen LogP contribution in [0.3, 0.4) is 0 Å². The molecule has 0 rings (SSSR count). The summed E-state index contributed by atoms with van der Waals surface area (Å²) in [6.45, 7) is 5.13. The first kappa shape index (κ1) is 12.4. The summed E-state index contributed by atoms with van der Waals surface area (Å²) in [6.07, 6.45) is 6.44. The lowest BCUT2D eigenvalue weighted by Crippen LogP contribution is -2.20. The first-order valence-corrected chi connectivity index (χ1v) is 5.28. The Kier molecular flexibility index (Phi) is 9.10. The summed E-state index contributed by atoms with van der Waals surface area (Å²) in [4.78, 5) is 5.02. The van der Waals surface area contributed by atoms with Crippen molar-refractivity contribution in [2.45, 2.75) is 52.4 Å². The highest BCUT2D eigenvalue weighted by Gasteiger charge is 1.96. The number of rotatable bonds is 8. The SMILES string of the molecule is CCCCCC(=N)ONCCCC. The first-order chi connectivity index (χ1) is 6.31. The molecule has 13 heavy (non-hydrogen) atoms. The molecule has 0 aromatic rings. The second kappa shape index (κ2) is 9.52. The van der Waals surface area contributed by atoms with Crippen LogP contribution in [0.1, 0.15) is 52.4 Å². The van der Waals surface area contributed by atoms with E-state index in [0.29, 0.717) is 5.90 Å². The van der Waals surface area contributed by atoms with E-state index < -0.39 is 0 Å². The fourth-order valence-corrected chi connectivity index (χ4v) is 0.974. The summed E-state index contributed by atoms with van der Waals surface area (Å²) in [5.41, 5.74) is 2.79. The van der Waals surface area contributed by atoms with Gasteiger partial charge in [0.1, 0.15) is 0 Å². The zero-order valence-corrected chi connectivity index (χ0v) is 8.86. The van der Waals surface area contributed by atoms with Crippen LogP contribution in [0.25, 0.3) is 0 Å². The van der Waals surface area contributed by atoms with Crippen LogP contribution in [0.2, 0.25) is 0 Å². The monoisotopic (exact) mass is 186 g/mol. The number of unbranched alkanes of at least 4 members (excludes halogenated alkanes) is 3. The standard InChI is InChI=1S/C10H22N2O/c1-3-5-7-8-10(11)13-12-9-6-4-2/h11-12H,3-9H2,1-2H3. The molecule has 78 valence electrons. The fraction of sp³-hybridized carbons (Fsp3) is 0.900. The van der Waals surface area contributed by atoms with Crippen LogP contribution in [0, 0.1) is 5.41 Å². The number of nitrogens with one attached hydrogen (secondary N) is 2. The van der Waals surface area contributed by atoms with E-state index in [9.17, 15) is 0 Å². The van der Waals surface area contributed by atoms with Gasteiger partial charge in [-0.2, -0.15) is 5.48 Å². The Morgan fingerprint density at radius 3 is 2.46 bits per heavy atom. The Morgan fingerprint density at radius 1 is 1.15 bits per heavy atom. The lowest BCUT2D eigenvalue weighted by Gasteiger charge is -2.06. The van der Waals surface area contributed by atoms with Crippen LogP contribution < -0.4 is 5.48 Å². The van der Waals surface area contributed by atoms with Gasteiger partial charge in [0.2, 0.25) is 5.90 Å². The third-order valence-corrected chi connectivity index (χ3v) is 1.84. The smallest absolute Gasteiger partial charge is 0.206 e. The van der Waals surface area contributed by atoms with Gasteiger partial charge in [0.05, 0.1) is 0 Å². The van der Waals surface area contributed by atoms with Crippen molar-refractivity contribution in [3.8, 4) is 0 Å². The molecule has 0 bridgehead atoms. The first-order valence-electron chi connectivity index (χ1n) is 5.28. The molecule has 0 amide bonds. The van der Waals surface area contributed by atoms with Crippen LogP contribution in [0.5, 0.6) is 0 Å². The number of hydrogen-bond acceptors (Lipinski definition) is 3. The van der Waals surface area contributed by atoms with Crippen molar-refractivity contribution < 1.29 is 4.84 Å². The Balaban J connectivity index is 3.11.